The molecule has 0 fully saturated rings. The fourth-order valence-corrected chi connectivity index (χ4v) is 1.83. The topological polar surface area (TPSA) is 78.6 Å². The molecule has 88 valence electrons. The van der Waals surface area contributed by atoms with Gasteiger partial charge in [0.05, 0.1) is 11.2 Å². The number of carbonyl (C=O) groups excluding carboxylic acids is 2. The Hall–Kier alpha value is -2.34. The third-order valence-electron chi connectivity index (χ3n) is 2.51. The second kappa shape index (κ2) is 3.85. The number of anilines is 1. The van der Waals surface area contributed by atoms with Crippen LogP contribution in [0.15, 0.2) is 30.7 Å². The number of H-pyrrole nitrogens is 2. The summed E-state index contributed by atoms with van der Waals surface area (Å²) in [7, 11) is 0. The molecule has 0 atom stereocenters. The zero-order chi connectivity index (χ0) is 13.6. The van der Waals surface area contributed by atoms with Crippen molar-refractivity contribution in [2.45, 2.75) is 0 Å². The number of hydrogen-bond donors (Lipinski definition) is 0. The molecule has 0 unspecified atom stereocenters. The van der Waals surface area contributed by atoms with Crippen LogP contribution >= 0.6 is 11.6 Å². The van der Waals surface area contributed by atoms with E-state index in [1.54, 1.807) is 6.07 Å². The van der Waals surface area contributed by atoms with Gasteiger partial charge in [-0.2, -0.15) is 0 Å². The molecule has 0 spiro atoms. The fraction of sp³-hybridized carbons (Fsp3) is 0. The molecule has 0 saturated carbocycles. The second-order valence-corrected chi connectivity index (χ2v) is 4.03. The van der Waals surface area contributed by atoms with E-state index in [1.165, 1.54) is 24.7 Å². The van der Waals surface area contributed by atoms with E-state index in [4.69, 9.17) is 13.0 Å². The predicted molar refractivity (Wildman–Crippen MR) is 59.9 cm³/mol. The van der Waals surface area contributed by atoms with Crippen LogP contribution in [-0.4, -0.2) is 16.8 Å². The first-order valence-corrected chi connectivity index (χ1v) is 5.43. The number of imide groups is 1. The first-order valence-electron chi connectivity index (χ1n) is 5.50. The number of halogens is 1. The third-order valence-corrected chi connectivity index (χ3v) is 2.74. The quantitative estimate of drug-likeness (QED) is 0.688. The first kappa shape index (κ1) is 9.67. The molecule has 1 aliphatic heterocycles. The van der Waals surface area contributed by atoms with E-state index < -0.39 is 11.8 Å². The van der Waals surface area contributed by atoms with Crippen molar-refractivity contribution >= 4 is 29.2 Å². The van der Waals surface area contributed by atoms with Gasteiger partial charge in [0.1, 0.15) is 6.20 Å². The molecule has 7 heteroatoms. The van der Waals surface area contributed by atoms with E-state index in [0.717, 1.165) is 9.88 Å². The molecule has 0 bridgehead atoms. The zero-order valence-electron chi connectivity index (χ0n) is 9.92. The molecule has 0 aliphatic carbocycles. The predicted octanol–water partition coefficient (Wildman–Crippen LogP) is 0.164. The number of nitrogens with zero attached hydrogens (tertiary/aromatic N) is 2. The summed E-state index contributed by atoms with van der Waals surface area (Å²) >= 11 is 5.74. The Kier molecular flexibility index (Phi) is 2.07. The standard InChI is InChI=1S/C11H5ClN4O2/c12-6-1-2-7(15-5-6)16-10(17)8-9(11(16)18)14-4-3-13-8/h1-5H/p+2/i/hD. The zero-order valence-corrected chi connectivity index (χ0v) is 9.68. The first-order chi connectivity index (χ1) is 9.09. The summed E-state index contributed by atoms with van der Waals surface area (Å²) in [4.78, 5) is 32.7. The van der Waals surface area contributed by atoms with Gasteiger partial charge in [0, 0.05) is 6.07 Å². The monoisotopic (exact) mass is 263 g/mol. The van der Waals surface area contributed by atoms with Crippen LogP contribution in [0.3, 0.4) is 0 Å². The van der Waals surface area contributed by atoms with Crippen molar-refractivity contribution in [2.24, 2.45) is 0 Å². The molecule has 18 heavy (non-hydrogen) atoms. The van der Waals surface area contributed by atoms with Crippen molar-refractivity contribution in [1.82, 2.24) is 4.98 Å². The van der Waals surface area contributed by atoms with Crippen LogP contribution < -0.4 is 14.9 Å². The van der Waals surface area contributed by atoms with Gasteiger partial charge in [-0.15, -0.1) is 4.90 Å². The van der Waals surface area contributed by atoms with E-state index in [9.17, 15) is 9.59 Å². The molecule has 2 aromatic heterocycles. The van der Waals surface area contributed by atoms with Crippen molar-refractivity contribution in [3.8, 4) is 0 Å². The normalized spacial score (nSPS) is 14.7. The minimum absolute atomic E-state index is 0.0362. The molecule has 3 heterocycles. The van der Waals surface area contributed by atoms with E-state index in [0.29, 0.717) is 5.02 Å². The molecule has 0 saturated heterocycles. The number of nitrogens with one attached hydrogen (secondary N) is 2. The molecular formula is C11H7ClN4O2+2. The highest BCUT2D eigenvalue weighted by molar-refractivity contribution is 6.32. The summed E-state index contributed by atoms with van der Waals surface area (Å²) in [5.74, 6) is -0.890. The van der Waals surface area contributed by atoms with Crippen molar-refractivity contribution < 1.29 is 21.0 Å². The minimum Gasteiger partial charge on any atom is -0.245 e. The van der Waals surface area contributed by atoms with Gasteiger partial charge in [-0.1, -0.05) is 11.6 Å². The van der Waals surface area contributed by atoms with Gasteiger partial charge in [-0.25, -0.2) is 24.5 Å². The Bertz CT molecular complexity index is 704. The molecular weight excluding hydrogens is 256 g/mol. The Balaban J connectivity index is 2.13. The Morgan fingerprint density at radius 3 is 2.83 bits per heavy atom. The summed E-state index contributed by atoms with van der Waals surface area (Å²) in [6, 6.07) is 3.07. The second-order valence-electron chi connectivity index (χ2n) is 3.59. The maximum Gasteiger partial charge on any atom is 0.454 e. The van der Waals surface area contributed by atoms with E-state index in [2.05, 4.69) is 9.97 Å². The Morgan fingerprint density at radius 2 is 2.17 bits per heavy atom. The smallest absolute Gasteiger partial charge is 0.245 e. The molecule has 6 nitrogen and oxygen atoms in total. The van der Waals surface area contributed by atoms with Crippen molar-refractivity contribution in [3.63, 3.8) is 0 Å². The van der Waals surface area contributed by atoms with Crippen LogP contribution in [0.5, 0.6) is 0 Å². The van der Waals surface area contributed by atoms with E-state index >= 15 is 0 Å². The highest BCUT2D eigenvalue weighted by Gasteiger charge is 2.50. The van der Waals surface area contributed by atoms with Gasteiger partial charge in [0.2, 0.25) is 5.69 Å². The molecule has 1 aliphatic rings. The number of aromatic nitrogens is 3. The largest absolute Gasteiger partial charge is 0.454 e. The number of hydrogen-bond acceptors (Lipinski definition) is 3. The maximum absolute atomic E-state index is 12.2. The number of aromatic amines is 2. The molecule has 3 rings (SSSR count). The third kappa shape index (κ3) is 1.46. The summed E-state index contributed by atoms with van der Waals surface area (Å²) < 4.78 is 7.60. The molecule has 2 amide bonds. The number of rotatable bonds is 1. The van der Waals surface area contributed by atoms with Crippen molar-refractivity contribution in [1.29, 1.82) is 0 Å². The highest BCUT2D eigenvalue weighted by atomic mass is 35.5. The van der Waals surface area contributed by atoms with Gasteiger partial charge in [0.25, 0.3) is 5.82 Å². The van der Waals surface area contributed by atoms with Gasteiger partial charge < -0.3 is 0 Å². The van der Waals surface area contributed by atoms with E-state index in [1.807, 2.05) is 0 Å². The fourth-order valence-electron chi connectivity index (χ4n) is 1.71. The Morgan fingerprint density at radius 1 is 1.33 bits per heavy atom. The van der Waals surface area contributed by atoms with Gasteiger partial charge in [-0.05, 0) is 6.07 Å². The summed E-state index contributed by atoms with van der Waals surface area (Å²) in [5, 5.41) is 0.453. The van der Waals surface area contributed by atoms with Gasteiger partial charge in [0.15, 0.2) is 6.20 Å². The number of pyridine rings is 1. The van der Waals surface area contributed by atoms with Gasteiger partial charge in [-0.3, -0.25) is 0 Å². The lowest BCUT2D eigenvalue weighted by Crippen LogP contribution is -2.35. The van der Waals surface area contributed by atoms with Crippen molar-refractivity contribution in [3.05, 3.63) is 47.1 Å². The number of carbonyl (C=O) groups is 2. The van der Waals surface area contributed by atoms with Crippen LogP contribution in [0.2, 0.25) is 6.43 Å². The SMILES string of the molecule is [2H][n+]1ccnc2c1C(=O)N(c1ccc(Cl)c[nH+]1)C2=O. The van der Waals surface area contributed by atoms with E-state index in [-0.39, 0.29) is 17.2 Å². The average Bonchev–Trinajstić information content (AvgIpc) is 2.65. The lowest BCUT2D eigenvalue weighted by molar-refractivity contribution is -0.383. The lowest BCUT2D eigenvalue weighted by Gasteiger charge is -2.01. The van der Waals surface area contributed by atoms with Crippen LogP contribution in [0.1, 0.15) is 21.0 Å². The number of fused-ring (bicyclic) bond motifs is 1. The maximum atomic E-state index is 12.2. The van der Waals surface area contributed by atoms with Crippen molar-refractivity contribution in [2.75, 3.05) is 4.90 Å². The van der Waals surface area contributed by atoms with Gasteiger partial charge >= 0.3 is 18.9 Å². The average molecular weight is 264 g/mol. The lowest BCUT2D eigenvalue weighted by atomic mass is 10.3. The number of amides is 2. The molecule has 0 aromatic carbocycles. The molecule has 2 N–H and O–H groups in total. The summed E-state index contributed by atoms with van der Waals surface area (Å²) in [5.41, 5.74) is -0.0956. The van der Waals surface area contributed by atoms with Crippen LogP contribution in [0, 0.1) is 0 Å². The minimum atomic E-state index is -0.596. The molecule has 2 aromatic rings. The van der Waals surface area contributed by atoms with Crippen LogP contribution in [-0.2, 0) is 0 Å². The Labute approximate surface area is 108 Å². The summed E-state index contributed by atoms with van der Waals surface area (Å²) in [6.45, 7) is 0. The van der Waals surface area contributed by atoms with Crippen LogP contribution in [0.25, 0.3) is 0 Å². The highest BCUT2D eigenvalue weighted by Crippen LogP contribution is 2.21. The molecule has 0 radical (unpaired) electrons. The van der Waals surface area contributed by atoms with Crippen LogP contribution in [0.4, 0.5) is 5.82 Å². The summed E-state index contributed by atoms with van der Waals surface area (Å²) in [6.07, 6.45) is 4.05.